The van der Waals surface area contributed by atoms with Crippen molar-refractivity contribution in [3.8, 4) is 0 Å². The summed E-state index contributed by atoms with van der Waals surface area (Å²) in [6.07, 6.45) is -6.48. The van der Waals surface area contributed by atoms with Gasteiger partial charge in [0.15, 0.2) is 24.1 Å². The second-order valence-electron chi connectivity index (χ2n) is 5.95. The molecule has 29 heavy (non-hydrogen) atoms. The van der Waals surface area contributed by atoms with Crippen LogP contribution in [0.25, 0.3) is 0 Å². The second-order valence-corrected chi connectivity index (χ2v) is 5.95. The van der Waals surface area contributed by atoms with Crippen LogP contribution in [0, 0.1) is 0 Å². The van der Waals surface area contributed by atoms with Gasteiger partial charge in [-0.2, -0.15) is 0 Å². The van der Waals surface area contributed by atoms with Gasteiger partial charge < -0.3 is 23.7 Å². The van der Waals surface area contributed by atoms with Gasteiger partial charge in [-0.25, -0.2) is 0 Å². The minimum absolute atomic E-state index is 0.106. The Balaban J connectivity index is 6.29. The van der Waals surface area contributed by atoms with Crippen LogP contribution < -0.4 is 0 Å². The van der Waals surface area contributed by atoms with Crippen molar-refractivity contribution in [1.29, 1.82) is 0 Å². The molecular formula is C18H26O11. The average Bonchev–Trinajstić information content (AvgIpc) is 2.58. The summed E-state index contributed by atoms with van der Waals surface area (Å²) in [5.41, 5.74) is 0. The van der Waals surface area contributed by atoms with E-state index in [-0.39, 0.29) is 6.42 Å². The maximum atomic E-state index is 12.4. The van der Waals surface area contributed by atoms with E-state index in [1.165, 1.54) is 6.92 Å². The molecule has 0 saturated carbocycles. The van der Waals surface area contributed by atoms with E-state index in [1.807, 2.05) is 0 Å². The Kier molecular flexibility index (Phi) is 11.2. The molecule has 164 valence electrons. The smallest absolute Gasteiger partial charge is 0.303 e. The molecule has 0 N–H and O–H groups in total. The Morgan fingerprint density at radius 3 is 1.45 bits per heavy atom. The fourth-order valence-electron chi connectivity index (χ4n) is 2.34. The lowest BCUT2D eigenvalue weighted by molar-refractivity contribution is -0.203. The summed E-state index contributed by atoms with van der Waals surface area (Å²) in [6, 6.07) is 0. The van der Waals surface area contributed by atoms with E-state index in [0.717, 1.165) is 34.6 Å². The average molecular weight is 418 g/mol. The van der Waals surface area contributed by atoms with Crippen molar-refractivity contribution in [2.24, 2.45) is 0 Å². The van der Waals surface area contributed by atoms with Crippen molar-refractivity contribution in [2.75, 3.05) is 6.61 Å². The molecular weight excluding hydrogens is 392 g/mol. The van der Waals surface area contributed by atoms with E-state index in [9.17, 15) is 28.8 Å². The van der Waals surface area contributed by atoms with Crippen molar-refractivity contribution in [3.05, 3.63) is 0 Å². The number of rotatable bonds is 11. The Labute approximate surface area is 167 Å². The van der Waals surface area contributed by atoms with Gasteiger partial charge in [0.05, 0.1) is 0 Å². The number of ether oxygens (including phenoxy) is 5. The molecule has 0 aliphatic rings. The van der Waals surface area contributed by atoms with Crippen molar-refractivity contribution in [1.82, 2.24) is 0 Å². The first-order valence-electron chi connectivity index (χ1n) is 8.73. The standard InChI is InChI=1S/C18H26O11/c1-7-14(24)16(27-11(4)21)18(29-13(6)23)17(28-12(5)22)15(26-10(3)20)8-25-9(2)19/h15-18H,7-8H2,1-6H3. The lowest BCUT2D eigenvalue weighted by Crippen LogP contribution is -2.55. The predicted octanol–water partition coefficient (Wildman–Crippen LogP) is 0.255. The van der Waals surface area contributed by atoms with Crippen molar-refractivity contribution in [3.63, 3.8) is 0 Å². The number of esters is 5. The van der Waals surface area contributed by atoms with Gasteiger partial charge in [0.25, 0.3) is 0 Å². The maximum absolute atomic E-state index is 12.4. The summed E-state index contributed by atoms with van der Waals surface area (Å²) in [5, 5.41) is 0. The first kappa shape index (κ1) is 26.0. The van der Waals surface area contributed by atoms with Crippen LogP contribution in [0.5, 0.6) is 0 Å². The minimum Gasteiger partial charge on any atom is -0.462 e. The highest BCUT2D eigenvalue weighted by Crippen LogP contribution is 2.21. The Bertz CT molecular complexity index is 640. The molecule has 0 fully saturated rings. The maximum Gasteiger partial charge on any atom is 0.303 e. The zero-order chi connectivity index (χ0) is 22.7. The number of Topliss-reactive ketones (excluding diaryl/α,β-unsaturated/α-hetero) is 1. The van der Waals surface area contributed by atoms with Gasteiger partial charge in [-0.3, -0.25) is 28.8 Å². The molecule has 0 spiro atoms. The zero-order valence-electron chi connectivity index (χ0n) is 17.2. The van der Waals surface area contributed by atoms with Gasteiger partial charge in [0.2, 0.25) is 6.10 Å². The molecule has 0 radical (unpaired) electrons. The van der Waals surface area contributed by atoms with Gasteiger partial charge in [-0.1, -0.05) is 6.92 Å². The van der Waals surface area contributed by atoms with Crippen LogP contribution in [0.4, 0.5) is 0 Å². The number of carbonyl (C=O) groups is 6. The summed E-state index contributed by atoms with van der Waals surface area (Å²) in [4.78, 5) is 69.9. The Hall–Kier alpha value is -2.98. The van der Waals surface area contributed by atoms with E-state index in [1.54, 1.807) is 0 Å². The molecule has 4 unspecified atom stereocenters. The molecule has 0 aromatic rings. The van der Waals surface area contributed by atoms with Gasteiger partial charge >= 0.3 is 29.8 Å². The second kappa shape index (κ2) is 12.5. The van der Waals surface area contributed by atoms with E-state index in [4.69, 9.17) is 23.7 Å². The molecule has 11 heteroatoms. The molecule has 11 nitrogen and oxygen atoms in total. The first-order chi connectivity index (χ1) is 13.4. The highest BCUT2D eigenvalue weighted by molar-refractivity contribution is 5.86. The Morgan fingerprint density at radius 1 is 0.621 bits per heavy atom. The molecule has 0 aliphatic carbocycles. The Morgan fingerprint density at radius 2 is 1.07 bits per heavy atom. The molecule has 0 aromatic heterocycles. The molecule has 0 amide bonds. The highest BCUT2D eigenvalue weighted by atomic mass is 16.6. The molecule has 0 aliphatic heterocycles. The lowest BCUT2D eigenvalue weighted by Gasteiger charge is -2.34. The van der Waals surface area contributed by atoms with Gasteiger partial charge in [0.1, 0.15) is 6.61 Å². The summed E-state index contributed by atoms with van der Waals surface area (Å²) in [6.45, 7) is 6.13. The lowest BCUT2D eigenvalue weighted by atomic mass is 9.98. The van der Waals surface area contributed by atoms with Gasteiger partial charge in [0, 0.05) is 41.0 Å². The SMILES string of the molecule is CCC(=O)C(OC(C)=O)C(OC(C)=O)C(OC(C)=O)C(COC(C)=O)OC(C)=O. The third kappa shape index (κ3) is 10.2. The number of hydrogen-bond acceptors (Lipinski definition) is 11. The van der Waals surface area contributed by atoms with Crippen LogP contribution in [0.3, 0.4) is 0 Å². The van der Waals surface area contributed by atoms with Crippen LogP contribution in [-0.4, -0.2) is 66.7 Å². The predicted molar refractivity (Wildman–Crippen MR) is 94.1 cm³/mol. The van der Waals surface area contributed by atoms with Crippen LogP contribution in [0.2, 0.25) is 0 Å². The number of hydrogen-bond donors (Lipinski definition) is 0. The molecule has 4 atom stereocenters. The van der Waals surface area contributed by atoms with Crippen molar-refractivity contribution < 1.29 is 52.5 Å². The van der Waals surface area contributed by atoms with E-state index >= 15 is 0 Å². The van der Waals surface area contributed by atoms with Crippen LogP contribution in [0.15, 0.2) is 0 Å². The topological polar surface area (TPSA) is 149 Å². The number of carbonyl (C=O) groups excluding carboxylic acids is 6. The minimum atomic E-state index is -1.66. The highest BCUT2D eigenvalue weighted by Gasteiger charge is 2.46. The summed E-state index contributed by atoms with van der Waals surface area (Å²) < 4.78 is 25.2. The largest absolute Gasteiger partial charge is 0.462 e. The zero-order valence-corrected chi connectivity index (χ0v) is 17.2. The molecule has 0 saturated heterocycles. The molecule has 0 rings (SSSR count). The van der Waals surface area contributed by atoms with Gasteiger partial charge in [-0.05, 0) is 0 Å². The third-order valence-corrected chi connectivity index (χ3v) is 3.32. The molecule has 0 aromatic carbocycles. The quantitative estimate of drug-likeness (QED) is 0.336. The number of ketones is 1. The molecule has 0 heterocycles. The van der Waals surface area contributed by atoms with Crippen molar-refractivity contribution >= 4 is 35.6 Å². The summed E-state index contributed by atoms with van der Waals surface area (Å²) in [5.74, 6) is -4.82. The van der Waals surface area contributed by atoms with E-state index < -0.39 is 66.7 Å². The van der Waals surface area contributed by atoms with Crippen molar-refractivity contribution in [2.45, 2.75) is 72.4 Å². The summed E-state index contributed by atoms with van der Waals surface area (Å²) in [7, 11) is 0. The fourth-order valence-corrected chi connectivity index (χ4v) is 2.34. The third-order valence-electron chi connectivity index (χ3n) is 3.32. The first-order valence-corrected chi connectivity index (χ1v) is 8.73. The normalized spacial score (nSPS) is 14.4. The summed E-state index contributed by atoms with van der Waals surface area (Å²) >= 11 is 0. The van der Waals surface area contributed by atoms with Crippen LogP contribution in [-0.2, 0) is 52.5 Å². The monoisotopic (exact) mass is 418 g/mol. The van der Waals surface area contributed by atoms with E-state index in [2.05, 4.69) is 0 Å². The van der Waals surface area contributed by atoms with Crippen LogP contribution in [0.1, 0.15) is 48.0 Å². The van der Waals surface area contributed by atoms with E-state index in [0.29, 0.717) is 0 Å². The fraction of sp³-hybridized carbons (Fsp3) is 0.667. The molecule has 0 bridgehead atoms. The van der Waals surface area contributed by atoms with Crippen LogP contribution >= 0.6 is 0 Å². The van der Waals surface area contributed by atoms with Gasteiger partial charge in [-0.15, -0.1) is 0 Å².